The Morgan fingerprint density at radius 1 is 1.29 bits per heavy atom. The van der Waals surface area contributed by atoms with E-state index in [9.17, 15) is 19.5 Å². The molecule has 1 fully saturated rings. The Morgan fingerprint density at radius 2 is 1.88 bits per heavy atom. The van der Waals surface area contributed by atoms with Crippen molar-refractivity contribution < 1.29 is 19.5 Å². The summed E-state index contributed by atoms with van der Waals surface area (Å²) < 4.78 is 0. The number of carbonyl (C=O) groups is 3. The summed E-state index contributed by atoms with van der Waals surface area (Å²) in [5.41, 5.74) is 5.39. The van der Waals surface area contributed by atoms with Crippen molar-refractivity contribution in [3.8, 4) is 0 Å². The van der Waals surface area contributed by atoms with Gasteiger partial charge in [-0.25, -0.2) is 0 Å². The van der Waals surface area contributed by atoms with Gasteiger partial charge in [-0.2, -0.15) is 0 Å². The van der Waals surface area contributed by atoms with E-state index in [0.717, 1.165) is 0 Å². The number of amides is 2. The second kappa shape index (κ2) is 8.51. The molecule has 0 saturated heterocycles. The molecule has 0 aliphatic heterocycles. The largest absolute Gasteiger partial charge is 0.481 e. The molecular weight excluding hydrogens is 314 g/mol. The van der Waals surface area contributed by atoms with E-state index in [0.29, 0.717) is 13.1 Å². The Morgan fingerprint density at radius 3 is 2.29 bits per heavy atom. The summed E-state index contributed by atoms with van der Waals surface area (Å²) in [6, 6.07) is -1.30. The lowest BCUT2D eigenvalue weighted by Crippen LogP contribution is -2.56. The molecule has 0 bridgehead atoms. The first kappa shape index (κ1) is 19.7. The first-order valence-corrected chi connectivity index (χ1v) is 8.10. The number of aliphatic carboxylic acids is 1. The Labute approximate surface area is 141 Å². The number of carboxylic acid groups (broad SMARTS) is 1. The van der Waals surface area contributed by atoms with Crippen LogP contribution < -0.4 is 16.4 Å². The molecule has 9 heteroatoms. The second-order valence-corrected chi connectivity index (χ2v) is 6.02. The highest BCUT2D eigenvalue weighted by molar-refractivity contribution is 5.87. The van der Waals surface area contributed by atoms with Gasteiger partial charge in [-0.15, -0.1) is 0 Å². The number of nitrogens with zero attached hydrogens (tertiary/aromatic N) is 1. The molecule has 0 aromatic heterocycles. The van der Waals surface area contributed by atoms with Gasteiger partial charge in [-0.1, -0.05) is 0 Å². The standard InChI is InChI=1S/C15H27N5O4/c1-4-20(5-2)13(22)12(18-8(3)21)10-6-9(14(23)24)7-11(10)19-15(16)17/h9-12H,4-7H2,1-3H3,(H,18,21)(H,23,24)(H4,16,17,19). The Kier molecular flexibility index (Phi) is 6.99. The lowest BCUT2D eigenvalue weighted by molar-refractivity contribution is -0.142. The van der Waals surface area contributed by atoms with Gasteiger partial charge in [0.05, 0.1) is 5.92 Å². The molecule has 0 spiro atoms. The van der Waals surface area contributed by atoms with Gasteiger partial charge in [0, 0.05) is 32.0 Å². The van der Waals surface area contributed by atoms with E-state index in [1.165, 1.54) is 6.92 Å². The number of rotatable bonds is 7. The summed E-state index contributed by atoms with van der Waals surface area (Å²) >= 11 is 0. The molecule has 136 valence electrons. The van der Waals surface area contributed by atoms with Crippen molar-refractivity contribution in [1.29, 1.82) is 5.41 Å². The van der Waals surface area contributed by atoms with Crippen molar-refractivity contribution in [2.75, 3.05) is 13.1 Å². The zero-order valence-electron chi connectivity index (χ0n) is 14.3. The fourth-order valence-electron chi connectivity index (χ4n) is 3.31. The van der Waals surface area contributed by atoms with Gasteiger partial charge < -0.3 is 26.4 Å². The summed E-state index contributed by atoms with van der Waals surface area (Å²) in [4.78, 5) is 37.3. The van der Waals surface area contributed by atoms with Crippen LogP contribution in [0.2, 0.25) is 0 Å². The van der Waals surface area contributed by atoms with E-state index in [4.69, 9.17) is 11.1 Å². The predicted octanol–water partition coefficient (Wildman–Crippen LogP) is -0.678. The molecule has 4 atom stereocenters. The van der Waals surface area contributed by atoms with Crippen LogP contribution >= 0.6 is 0 Å². The van der Waals surface area contributed by atoms with Gasteiger partial charge in [-0.05, 0) is 26.7 Å². The van der Waals surface area contributed by atoms with Gasteiger partial charge in [0.25, 0.3) is 0 Å². The van der Waals surface area contributed by atoms with Crippen molar-refractivity contribution in [2.24, 2.45) is 17.6 Å². The summed E-state index contributed by atoms with van der Waals surface area (Å²) in [7, 11) is 0. The van der Waals surface area contributed by atoms with Crippen molar-refractivity contribution >= 4 is 23.7 Å². The molecule has 1 aliphatic carbocycles. The maximum Gasteiger partial charge on any atom is 0.306 e. The third kappa shape index (κ3) is 4.84. The van der Waals surface area contributed by atoms with Crippen LogP contribution in [0.1, 0.15) is 33.6 Å². The van der Waals surface area contributed by atoms with Crippen LogP contribution in [-0.4, -0.2) is 58.9 Å². The fourth-order valence-corrected chi connectivity index (χ4v) is 3.31. The molecule has 24 heavy (non-hydrogen) atoms. The molecule has 0 radical (unpaired) electrons. The first-order valence-electron chi connectivity index (χ1n) is 8.10. The SMILES string of the molecule is CCN(CC)C(=O)C(NC(C)=O)C1CC(C(=O)O)CC1NC(=N)N. The number of carboxylic acids is 1. The molecule has 6 N–H and O–H groups in total. The van der Waals surface area contributed by atoms with Gasteiger partial charge in [-0.3, -0.25) is 19.8 Å². The maximum atomic E-state index is 12.8. The van der Waals surface area contributed by atoms with Crippen molar-refractivity contribution in [3.63, 3.8) is 0 Å². The van der Waals surface area contributed by atoms with E-state index in [2.05, 4.69) is 10.6 Å². The zero-order chi connectivity index (χ0) is 18.4. The summed E-state index contributed by atoms with van der Waals surface area (Å²) in [6.45, 7) is 5.98. The number of guanidine groups is 1. The molecule has 0 heterocycles. The summed E-state index contributed by atoms with van der Waals surface area (Å²) in [5.74, 6) is -2.94. The van der Waals surface area contributed by atoms with Gasteiger partial charge in [0.2, 0.25) is 11.8 Å². The highest BCUT2D eigenvalue weighted by Crippen LogP contribution is 2.34. The van der Waals surface area contributed by atoms with Crippen LogP contribution in [-0.2, 0) is 14.4 Å². The van der Waals surface area contributed by atoms with Crippen molar-refractivity contribution in [2.45, 2.75) is 45.7 Å². The molecular formula is C15H27N5O4. The second-order valence-electron chi connectivity index (χ2n) is 6.02. The van der Waals surface area contributed by atoms with E-state index < -0.39 is 29.9 Å². The van der Waals surface area contributed by atoms with Crippen LogP contribution in [0.4, 0.5) is 0 Å². The molecule has 1 rings (SSSR count). The third-order valence-electron chi connectivity index (χ3n) is 4.43. The summed E-state index contributed by atoms with van der Waals surface area (Å²) in [6.07, 6.45) is 0.486. The van der Waals surface area contributed by atoms with Crippen LogP contribution in [0.15, 0.2) is 0 Å². The topological polar surface area (TPSA) is 149 Å². The number of nitrogens with one attached hydrogen (secondary N) is 3. The van der Waals surface area contributed by atoms with Crippen LogP contribution in [0, 0.1) is 17.2 Å². The van der Waals surface area contributed by atoms with Crippen molar-refractivity contribution in [3.05, 3.63) is 0 Å². The number of carbonyl (C=O) groups excluding carboxylic acids is 2. The number of hydrogen-bond donors (Lipinski definition) is 5. The molecule has 0 aromatic rings. The lowest BCUT2D eigenvalue weighted by atomic mass is 9.92. The van der Waals surface area contributed by atoms with E-state index >= 15 is 0 Å². The van der Waals surface area contributed by atoms with Gasteiger partial charge >= 0.3 is 5.97 Å². The average molecular weight is 341 g/mol. The van der Waals surface area contributed by atoms with Crippen LogP contribution in [0.25, 0.3) is 0 Å². The number of hydrogen-bond acceptors (Lipinski definition) is 4. The predicted molar refractivity (Wildman–Crippen MR) is 88.2 cm³/mol. The van der Waals surface area contributed by atoms with E-state index in [-0.39, 0.29) is 30.6 Å². The highest BCUT2D eigenvalue weighted by Gasteiger charge is 2.45. The average Bonchev–Trinajstić information content (AvgIpc) is 2.88. The highest BCUT2D eigenvalue weighted by atomic mass is 16.4. The number of likely N-dealkylation sites (N-methyl/N-ethyl adjacent to an activating group) is 1. The molecule has 0 aromatic carbocycles. The quantitative estimate of drug-likeness (QED) is 0.306. The Bertz CT molecular complexity index is 506. The Hall–Kier alpha value is -2.32. The Balaban J connectivity index is 3.11. The minimum absolute atomic E-state index is 0.234. The normalized spacial score (nSPS) is 24.0. The minimum Gasteiger partial charge on any atom is -0.481 e. The van der Waals surface area contributed by atoms with E-state index in [1.54, 1.807) is 4.90 Å². The summed E-state index contributed by atoms with van der Waals surface area (Å²) in [5, 5.41) is 22.1. The smallest absolute Gasteiger partial charge is 0.306 e. The fraction of sp³-hybridized carbons (Fsp3) is 0.733. The number of nitrogens with two attached hydrogens (primary N) is 1. The maximum absolute atomic E-state index is 12.8. The van der Waals surface area contributed by atoms with Crippen LogP contribution in [0.5, 0.6) is 0 Å². The zero-order valence-corrected chi connectivity index (χ0v) is 14.3. The molecule has 4 unspecified atom stereocenters. The van der Waals surface area contributed by atoms with Crippen LogP contribution in [0.3, 0.4) is 0 Å². The molecule has 9 nitrogen and oxygen atoms in total. The first-order chi connectivity index (χ1) is 11.2. The van der Waals surface area contributed by atoms with Crippen molar-refractivity contribution in [1.82, 2.24) is 15.5 Å². The van der Waals surface area contributed by atoms with Gasteiger partial charge in [0.15, 0.2) is 5.96 Å². The van der Waals surface area contributed by atoms with E-state index in [1.807, 2.05) is 13.8 Å². The molecule has 1 aliphatic rings. The minimum atomic E-state index is -0.954. The monoisotopic (exact) mass is 341 g/mol. The molecule has 2 amide bonds. The van der Waals surface area contributed by atoms with Gasteiger partial charge in [0.1, 0.15) is 6.04 Å². The third-order valence-corrected chi connectivity index (χ3v) is 4.43. The molecule has 1 saturated carbocycles. The lowest BCUT2D eigenvalue weighted by Gasteiger charge is -2.32.